The van der Waals surface area contributed by atoms with Crippen molar-refractivity contribution in [3.8, 4) is 0 Å². The Morgan fingerprint density at radius 2 is 1.69 bits per heavy atom. The molecule has 16 aliphatic rings. The molecule has 85 heavy (non-hydrogen) atoms. The summed E-state index contributed by atoms with van der Waals surface area (Å²) < 4.78 is 0. The number of hydrogen-bond donors (Lipinski definition) is 5. The van der Waals surface area contributed by atoms with E-state index >= 15 is 0 Å². The SMILES string of the molecule is C=C1CCC(C(=O)O)C2C(O)CC34CC5Cc6ccccc6CSSCC6C3=C(CC(C5)C24C)C23CCC(O)C4(C)CC=C(CC(C)C)C6(C=C5C(=c6ccccc6=CC52)Cc2cccc(c2)C2=CC=C(NCCCC1C1CCCCC1)NC2)C43. The van der Waals surface area contributed by atoms with E-state index in [1.54, 1.807) is 16.7 Å². The summed E-state index contributed by atoms with van der Waals surface area (Å²) in [4.78, 5) is 14.7. The predicted molar refractivity (Wildman–Crippen MR) is 350 cm³/mol. The average molecular weight is 1180 g/mol. The van der Waals surface area contributed by atoms with Gasteiger partial charge in [0.1, 0.15) is 0 Å². The van der Waals surface area contributed by atoms with Crippen LogP contribution in [-0.4, -0.2) is 52.3 Å². The molecule has 17 bridgehead atoms. The average Bonchev–Trinajstić information content (AvgIpc) is 1.52. The van der Waals surface area contributed by atoms with E-state index in [4.69, 9.17) is 6.58 Å². The van der Waals surface area contributed by atoms with Crippen LogP contribution >= 0.6 is 21.6 Å². The smallest absolute Gasteiger partial charge is 0.306 e. The zero-order valence-corrected chi connectivity index (χ0v) is 52.9. The first-order chi connectivity index (χ1) is 41.2. The van der Waals surface area contributed by atoms with Crippen molar-refractivity contribution < 1.29 is 20.1 Å². The molecule has 3 aromatic rings. The summed E-state index contributed by atoms with van der Waals surface area (Å²) in [6.07, 6.45) is 30.3. The summed E-state index contributed by atoms with van der Waals surface area (Å²) in [5.74, 6) is 3.47. The van der Waals surface area contributed by atoms with E-state index in [1.165, 1.54) is 87.1 Å². The number of aliphatic hydroxyl groups excluding tert-OH is 2. The van der Waals surface area contributed by atoms with Gasteiger partial charge in [0.2, 0.25) is 0 Å². The van der Waals surface area contributed by atoms with Gasteiger partial charge in [-0.2, -0.15) is 0 Å². The number of nitrogens with one attached hydrogen (secondary N) is 2. The van der Waals surface area contributed by atoms with Crippen LogP contribution in [0.25, 0.3) is 17.2 Å². The minimum Gasteiger partial charge on any atom is -0.481 e. The summed E-state index contributed by atoms with van der Waals surface area (Å²) in [6.45, 7) is 16.5. The number of allylic oxidation sites excluding steroid dienone is 9. The number of fused-ring (bicyclic) bond motifs is 3. The summed E-state index contributed by atoms with van der Waals surface area (Å²) in [5, 5.41) is 49.1. The van der Waals surface area contributed by atoms with Crippen LogP contribution in [0.2, 0.25) is 0 Å². The van der Waals surface area contributed by atoms with Crippen molar-refractivity contribution in [3.63, 3.8) is 0 Å². The molecule has 0 radical (unpaired) electrons. The predicted octanol–water partition coefficient (Wildman–Crippen LogP) is 14.9. The molecule has 0 saturated heterocycles. The second kappa shape index (κ2) is 21.6. The van der Waals surface area contributed by atoms with Crippen molar-refractivity contribution in [3.05, 3.63) is 170 Å². The number of aliphatic carboxylic acids is 1. The number of carbonyl (C=O) groups is 1. The van der Waals surface area contributed by atoms with Crippen LogP contribution in [0, 0.1) is 86.3 Å². The fourth-order valence-electron chi connectivity index (χ4n) is 22.9. The highest BCUT2D eigenvalue weighted by Crippen LogP contribution is 2.85. The Balaban J connectivity index is 0.995. The largest absolute Gasteiger partial charge is 0.481 e. The van der Waals surface area contributed by atoms with Gasteiger partial charge in [-0.05, 0) is 199 Å². The molecule has 0 amide bonds. The highest BCUT2D eigenvalue weighted by atomic mass is 33.1. The zero-order chi connectivity index (χ0) is 58.2. The van der Waals surface area contributed by atoms with E-state index in [-0.39, 0.29) is 40.4 Å². The normalized spacial score (nSPS) is 39.5. The Morgan fingerprint density at radius 1 is 0.871 bits per heavy atom. The molecule has 4 saturated carbocycles. The second-order valence-electron chi connectivity index (χ2n) is 30.4. The zero-order valence-electron chi connectivity index (χ0n) is 51.3. The van der Waals surface area contributed by atoms with E-state index < -0.39 is 40.3 Å². The first kappa shape index (κ1) is 57.0. The maximum Gasteiger partial charge on any atom is 0.306 e. The molecule has 15 atom stereocenters. The number of dihydropyridines is 1. The van der Waals surface area contributed by atoms with Crippen LogP contribution in [0.5, 0.6) is 0 Å². The summed E-state index contributed by atoms with van der Waals surface area (Å²) in [5.41, 5.74) is 14.0. The van der Waals surface area contributed by atoms with Crippen molar-refractivity contribution in [1.29, 1.82) is 0 Å². The first-order valence-corrected chi connectivity index (χ1v) is 36.2. The number of benzene rings is 3. The van der Waals surface area contributed by atoms with Gasteiger partial charge in [0.15, 0.2) is 0 Å². The molecule has 3 aromatic carbocycles. The number of carboxylic acids is 1. The molecule has 5 N–H and O–H groups in total. The van der Waals surface area contributed by atoms with Crippen molar-refractivity contribution >= 4 is 44.8 Å². The number of rotatable bonds is 4. The van der Waals surface area contributed by atoms with Crippen molar-refractivity contribution in [2.45, 2.75) is 168 Å². The third-order valence-corrected chi connectivity index (χ3v) is 28.4. The Labute approximate surface area is 515 Å². The summed E-state index contributed by atoms with van der Waals surface area (Å²) in [7, 11) is 4.13. The maximum absolute atomic E-state index is 14.7. The quantitative estimate of drug-likeness (QED) is 0.130. The topological polar surface area (TPSA) is 102 Å². The Kier molecular flexibility index (Phi) is 14.5. The molecule has 9 aliphatic carbocycles. The van der Waals surface area contributed by atoms with Crippen LogP contribution in [0.4, 0.5) is 0 Å². The van der Waals surface area contributed by atoms with Gasteiger partial charge in [0.25, 0.3) is 0 Å². The van der Waals surface area contributed by atoms with Crippen LogP contribution in [0.15, 0.2) is 137 Å². The minimum atomic E-state index is -0.746. The van der Waals surface area contributed by atoms with Crippen molar-refractivity contribution in [2.75, 3.05) is 18.8 Å². The van der Waals surface area contributed by atoms with E-state index in [0.717, 1.165) is 101 Å². The van der Waals surface area contributed by atoms with Gasteiger partial charge in [0.05, 0.1) is 23.9 Å². The molecule has 4 fully saturated rings. The van der Waals surface area contributed by atoms with E-state index in [1.807, 2.05) is 10.8 Å². The molecule has 8 heteroatoms. The molecule has 7 heterocycles. The molecular formula is C77H94N2O4S2. The van der Waals surface area contributed by atoms with Gasteiger partial charge in [-0.1, -0.05) is 195 Å². The lowest BCUT2D eigenvalue weighted by Gasteiger charge is -2.77. The standard InChI is InChI=1S/C77H94N2O4S2/c1-46(2)33-56-28-30-73(4)67(81)29-31-76-63-38-53-19-11-12-22-59(53)61-37-48-15-13-21-51(34-48)54-25-27-68(79-43-54)78-32-14-23-58(50-16-7-6-8-17-50)47(3)24-26-60(71(82)83)69-66(80)42-75-40-49-35-52-18-9-10-20-55(52)44-84-85-45-65(77(56,72(73)76)41-62(61)63)70(75)64(76)39-57(36-49)74(69,75)5/h9-13,15,18-22,25,27-28,34,38,41,46,49-50,57-58,60,63,65-67,69,72,78-81H,3,6-8,14,16-17,23-24,26,29-33,35-37,39-40,42-45H2,1-2,4-5H3,(H,82,83). The lowest BCUT2D eigenvalue weighted by Crippen LogP contribution is -2.72. The molecule has 448 valence electrons. The Morgan fingerprint density at radius 3 is 2.51 bits per heavy atom. The molecule has 6 nitrogen and oxygen atoms in total. The fourth-order valence-corrected chi connectivity index (χ4v) is 25.4. The van der Waals surface area contributed by atoms with Gasteiger partial charge in [-0.15, -0.1) is 0 Å². The van der Waals surface area contributed by atoms with E-state index in [0.29, 0.717) is 42.9 Å². The molecule has 15 unspecified atom stereocenters. The fraction of sp³-hybridized carbons (Fsp3) is 0.571. The molecule has 19 rings (SSSR count). The van der Waals surface area contributed by atoms with Crippen LogP contribution in [0.1, 0.15) is 159 Å². The van der Waals surface area contributed by atoms with Crippen LogP contribution in [-0.2, 0) is 23.4 Å². The highest BCUT2D eigenvalue weighted by molar-refractivity contribution is 8.76. The van der Waals surface area contributed by atoms with Crippen molar-refractivity contribution in [1.82, 2.24) is 10.6 Å². The van der Waals surface area contributed by atoms with Gasteiger partial charge in [-0.3, -0.25) is 4.79 Å². The Bertz CT molecular complexity index is 3510. The number of aliphatic hydroxyl groups is 2. The summed E-state index contributed by atoms with van der Waals surface area (Å²) in [6, 6.07) is 28.1. The summed E-state index contributed by atoms with van der Waals surface area (Å²) >= 11 is 0. The second-order valence-corrected chi connectivity index (χ2v) is 32.9. The third-order valence-electron chi connectivity index (χ3n) is 26.1. The lowest BCUT2D eigenvalue weighted by atomic mass is 9.27. The number of hydrogen-bond acceptors (Lipinski definition) is 7. The van der Waals surface area contributed by atoms with Gasteiger partial charge < -0.3 is 26.0 Å². The first-order valence-electron chi connectivity index (χ1n) is 33.7. The molecule has 0 aromatic heterocycles. The van der Waals surface area contributed by atoms with Gasteiger partial charge in [0, 0.05) is 64.0 Å². The van der Waals surface area contributed by atoms with E-state index in [2.05, 4.69) is 152 Å². The van der Waals surface area contributed by atoms with Gasteiger partial charge in [-0.25, -0.2) is 0 Å². The highest BCUT2D eigenvalue weighted by Gasteiger charge is 2.80. The molecule has 7 aliphatic heterocycles. The number of carboxylic acid groups (broad SMARTS) is 1. The maximum atomic E-state index is 14.7. The third kappa shape index (κ3) is 8.69. The lowest BCUT2D eigenvalue weighted by molar-refractivity contribution is -0.185. The van der Waals surface area contributed by atoms with Crippen molar-refractivity contribution in [2.24, 2.45) is 86.3 Å². The Hall–Kier alpha value is -4.47. The monoisotopic (exact) mass is 1170 g/mol. The molecule has 3 spiro atoms. The molecular weight excluding hydrogens is 1080 g/mol. The van der Waals surface area contributed by atoms with Crippen LogP contribution < -0.4 is 21.1 Å². The van der Waals surface area contributed by atoms with E-state index in [9.17, 15) is 20.1 Å². The van der Waals surface area contributed by atoms with Gasteiger partial charge >= 0.3 is 5.97 Å². The minimum absolute atomic E-state index is 0.0943. The van der Waals surface area contributed by atoms with Crippen LogP contribution in [0.3, 0.4) is 0 Å².